The third-order valence-corrected chi connectivity index (χ3v) is 3.08. The standard InChI is InChI=1S/C14H10ClN3O2/c15-13-4-2-1-3-12(13)14(9-16)17-10-5-7-11(8-6-10)18(19)20/h1-8,14,17H. The lowest BCUT2D eigenvalue weighted by atomic mass is 10.1. The monoisotopic (exact) mass is 287 g/mol. The van der Waals surface area contributed by atoms with Gasteiger partial charge in [-0.3, -0.25) is 10.1 Å². The first kappa shape index (κ1) is 13.8. The minimum absolute atomic E-state index is 0.00167. The van der Waals surface area contributed by atoms with Gasteiger partial charge >= 0.3 is 0 Å². The average molecular weight is 288 g/mol. The maximum absolute atomic E-state index is 10.6. The van der Waals surface area contributed by atoms with Gasteiger partial charge in [-0.2, -0.15) is 5.26 Å². The highest BCUT2D eigenvalue weighted by atomic mass is 35.5. The molecular formula is C14H10ClN3O2. The number of nitro groups is 1. The molecule has 0 amide bonds. The Hall–Kier alpha value is -2.58. The van der Waals surface area contributed by atoms with Crippen molar-refractivity contribution < 1.29 is 4.92 Å². The van der Waals surface area contributed by atoms with E-state index >= 15 is 0 Å². The number of benzene rings is 2. The van der Waals surface area contributed by atoms with Gasteiger partial charge in [-0.15, -0.1) is 0 Å². The number of anilines is 1. The molecule has 0 heterocycles. The Morgan fingerprint density at radius 3 is 2.40 bits per heavy atom. The smallest absolute Gasteiger partial charge is 0.269 e. The van der Waals surface area contributed by atoms with Crippen LogP contribution in [0.1, 0.15) is 11.6 Å². The van der Waals surface area contributed by atoms with Crippen molar-refractivity contribution in [3.8, 4) is 6.07 Å². The molecular weight excluding hydrogens is 278 g/mol. The fourth-order valence-corrected chi connectivity index (χ4v) is 1.98. The van der Waals surface area contributed by atoms with Gasteiger partial charge in [0.2, 0.25) is 0 Å². The van der Waals surface area contributed by atoms with E-state index < -0.39 is 11.0 Å². The van der Waals surface area contributed by atoms with Gasteiger partial charge in [-0.25, -0.2) is 0 Å². The second-order valence-electron chi connectivity index (χ2n) is 4.03. The molecule has 0 saturated carbocycles. The molecule has 0 aromatic heterocycles. The van der Waals surface area contributed by atoms with Gasteiger partial charge in [0.25, 0.3) is 5.69 Å². The molecule has 1 unspecified atom stereocenters. The van der Waals surface area contributed by atoms with Crippen LogP contribution in [0.2, 0.25) is 5.02 Å². The SMILES string of the molecule is N#CC(Nc1ccc([N+](=O)[O-])cc1)c1ccccc1Cl. The molecule has 0 bridgehead atoms. The number of halogens is 1. The van der Waals surface area contributed by atoms with Crippen LogP contribution in [0.5, 0.6) is 0 Å². The largest absolute Gasteiger partial charge is 0.366 e. The van der Waals surface area contributed by atoms with Crippen LogP contribution < -0.4 is 5.32 Å². The molecule has 5 nitrogen and oxygen atoms in total. The summed E-state index contributed by atoms with van der Waals surface area (Å²) < 4.78 is 0. The highest BCUT2D eigenvalue weighted by Gasteiger charge is 2.14. The van der Waals surface area contributed by atoms with E-state index in [1.807, 2.05) is 0 Å². The van der Waals surface area contributed by atoms with E-state index in [1.165, 1.54) is 12.1 Å². The van der Waals surface area contributed by atoms with E-state index in [9.17, 15) is 15.4 Å². The number of nitrogens with one attached hydrogen (secondary N) is 1. The predicted molar refractivity (Wildman–Crippen MR) is 76.5 cm³/mol. The highest BCUT2D eigenvalue weighted by Crippen LogP contribution is 2.26. The topological polar surface area (TPSA) is 79.0 Å². The summed E-state index contributed by atoms with van der Waals surface area (Å²) in [4.78, 5) is 10.1. The zero-order valence-corrected chi connectivity index (χ0v) is 11.0. The summed E-state index contributed by atoms with van der Waals surface area (Å²) in [6, 6.07) is 14.4. The van der Waals surface area contributed by atoms with Gasteiger partial charge in [0.1, 0.15) is 6.04 Å². The fraction of sp³-hybridized carbons (Fsp3) is 0.0714. The first-order chi connectivity index (χ1) is 9.61. The molecule has 6 heteroatoms. The number of nitrogens with zero attached hydrogens (tertiary/aromatic N) is 2. The summed E-state index contributed by atoms with van der Waals surface area (Å²) in [6.45, 7) is 0. The third-order valence-electron chi connectivity index (χ3n) is 2.73. The van der Waals surface area contributed by atoms with E-state index in [-0.39, 0.29) is 5.69 Å². The summed E-state index contributed by atoms with van der Waals surface area (Å²) in [6.07, 6.45) is 0. The molecule has 2 aromatic carbocycles. The van der Waals surface area contributed by atoms with Crippen molar-refractivity contribution in [3.63, 3.8) is 0 Å². The first-order valence-corrected chi connectivity index (χ1v) is 6.14. The molecule has 100 valence electrons. The Labute approximate surface area is 120 Å². The minimum atomic E-state index is -0.620. The van der Waals surface area contributed by atoms with Crippen molar-refractivity contribution in [2.45, 2.75) is 6.04 Å². The summed E-state index contributed by atoms with van der Waals surface area (Å²) >= 11 is 6.05. The Morgan fingerprint density at radius 1 is 1.20 bits per heavy atom. The lowest BCUT2D eigenvalue weighted by Gasteiger charge is -2.14. The molecule has 0 aliphatic heterocycles. The molecule has 20 heavy (non-hydrogen) atoms. The van der Waals surface area contributed by atoms with Gasteiger partial charge in [-0.1, -0.05) is 29.8 Å². The third kappa shape index (κ3) is 3.05. The van der Waals surface area contributed by atoms with Crippen LogP contribution in [0.3, 0.4) is 0 Å². The van der Waals surface area contributed by atoms with E-state index in [4.69, 9.17) is 11.6 Å². The van der Waals surface area contributed by atoms with Crippen LogP contribution in [0.15, 0.2) is 48.5 Å². The zero-order valence-electron chi connectivity index (χ0n) is 10.3. The molecule has 0 radical (unpaired) electrons. The molecule has 0 aliphatic rings. The lowest BCUT2D eigenvalue weighted by molar-refractivity contribution is -0.384. The van der Waals surface area contributed by atoms with Crippen LogP contribution in [-0.4, -0.2) is 4.92 Å². The Morgan fingerprint density at radius 2 is 1.85 bits per heavy atom. The fourth-order valence-electron chi connectivity index (χ4n) is 1.73. The van der Waals surface area contributed by atoms with Crippen LogP contribution in [0.25, 0.3) is 0 Å². The van der Waals surface area contributed by atoms with Crippen molar-refractivity contribution in [2.75, 3.05) is 5.32 Å². The summed E-state index contributed by atoms with van der Waals surface area (Å²) in [5, 5.41) is 23.3. The second-order valence-corrected chi connectivity index (χ2v) is 4.44. The van der Waals surface area contributed by atoms with Crippen molar-refractivity contribution in [2.24, 2.45) is 0 Å². The molecule has 2 rings (SSSR count). The number of hydrogen-bond donors (Lipinski definition) is 1. The van der Waals surface area contributed by atoms with Crippen molar-refractivity contribution in [1.82, 2.24) is 0 Å². The van der Waals surface area contributed by atoms with E-state index in [0.717, 1.165) is 0 Å². The van der Waals surface area contributed by atoms with Crippen molar-refractivity contribution in [3.05, 3.63) is 69.2 Å². The summed E-state index contributed by atoms with van der Waals surface area (Å²) in [7, 11) is 0. The Balaban J connectivity index is 2.21. The van der Waals surface area contributed by atoms with E-state index in [2.05, 4.69) is 11.4 Å². The van der Waals surface area contributed by atoms with Crippen molar-refractivity contribution in [1.29, 1.82) is 5.26 Å². The number of nitriles is 1. The molecule has 1 N–H and O–H groups in total. The van der Waals surface area contributed by atoms with Crippen molar-refractivity contribution >= 4 is 23.0 Å². The van der Waals surface area contributed by atoms with Crippen LogP contribution in [0.4, 0.5) is 11.4 Å². The number of rotatable bonds is 4. The van der Waals surface area contributed by atoms with Crippen LogP contribution >= 0.6 is 11.6 Å². The average Bonchev–Trinajstić information content (AvgIpc) is 2.46. The molecule has 0 spiro atoms. The maximum Gasteiger partial charge on any atom is 0.269 e. The molecule has 0 aliphatic carbocycles. The predicted octanol–water partition coefficient (Wildman–Crippen LogP) is 3.92. The molecule has 1 atom stereocenters. The highest BCUT2D eigenvalue weighted by molar-refractivity contribution is 6.31. The van der Waals surface area contributed by atoms with Crippen LogP contribution in [0, 0.1) is 21.4 Å². The Kier molecular flexibility index (Phi) is 4.18. The van der Waals surface area contributed by atoms with Gasteiger partial charge in [0.15, 0.2) is 0 Å². The lowest BCUT2D eigenvalue weighted by Crippen LogP contribution is -2.08. The van der Waals surface area contributed by atoms with Gasteiger partial charge in [-0.05, 0) is 18.2 Å². The normalized spacial score (nSPS) is 11.4. The van der Waals surface area contributed by atoms with Gasteiger partial charge < -0.3 is 5.32 Å². The zero-order chi connectivity index (χ0) is 14.5. The molecule has 2 aromatic rings. The molecule has 0 saturated heterocycles. The van der Waals surface area contributed by atoms with Gasteiger partial charge in [0.05, 0.1) is 11.0 Å². The molecule has 0 fully saturated rings. The number of non-ortho nitro benzene ring substituents is 1. The van der Waals surface area contributed by atoms with Gasteiger partial charge in [0, 0.05) is 28.4 Å². The minimum Gasteiger partial charge on any atom is -0.366 e. The quantitative estimate of drug-likeness (QED) is 0.682. The van der Waals surface area contributed by atoms with Crippen LogP contribution in [-0.2, 0) is 0 Å². The first-order valence-electron chi connectivity index (χ1n) is 5.77. The Bertz CT molecular complexity index is 665. The van der Waals surface area contributed by atoms with E-state index in [1.54, 1.807) is 36.4 Å². The summed E-state index contributed by atoms with van der Waals surface area (Å²) in [5.74, 6) is 0. The van der Waals surface area contributed by atoms with E-state index in [0.29, 0.717) is 16.3 Å². The maximum atomic E-state index is 10.6. The summed E-state index contributed by atoms with van der Waals surface area (Å²) in [5.41, 5.74) is 1.28. The number of nitro benzene ring substituents is 1. The second kappa shape index (κ2) is 6.04. The number of hydrogen-bond acceptors (Lipinski definition) is 4.